The van der Waals surface area contributed by atoms with Crippen LogP contribution in [-0.2, 0) is 19.5 Å². The maximum absolute atomic E-state index is 12.1. The minimum atomic E-state index is -0.107. The van der Waals surface area contributed by atoms with Gasteiger partial charge in [0.05, 0.1) is 22.9 Å². The summed E-state index contributed by atoms with van der Waals surface area (Å²) < 4.78 is 0.382. The predicted octanol–water partition coefficient (Wildman–Crippen LogP) is 2.92. The third-order valence-electron chi connectivity index (χ3n) is 4.71. The molecule has 2 aromatic heterocycles. The molecule has 1 aromatic carbocycles. The quantitative estimate of drug-likeness (QED) is 0.687. The van der Waals surface area contributed by atoms with E-state index in [2.05, 4.69) is 25.9 Å². The Morgan fingerprint density at radius 2 is 2.15 bits per heavy atom. The van der Waals surface area contributed by atoms with Gasteiger partial charge in [-0.25, -0.2) is 0 Å². The zero-order chi connectivity index (χ0) is 18.8. The summed E-state index contributed by atoms with van der Waals surface area (Å²) in [5.74, 6) is 0. The van der Waals surface area contributed by atoms with Gasteiger partial charge in [-0.3, -0.25) is 19.7 Å². The lowest BCUT2D eigenvalue weighted by Crippen LogP contribution is -2.35. The van der Waals surface area contributed by atoms with Crippen molar-refractivity contribution in [1.29, 1.82) is 5.26 Å². The summed E-state index contributed by atoms with van der Waals surface area (Å²) in [5, 5.41) is 9.03. The van der Waals surface area contributed by atoms with Crippen LogP contribution in [0.2, 0.25) is 0 Å². The van der Waals surface area contributed by atoms with Gasteiger partial charge in [0.2, 0.25) is 0 Å². The highest BCUT2D eigenvalue weighted by atomic mass is 32.1. The molecule has 0 radical (unpaired) electrons. The fourth-order valence-corrected chi connectivity index (χ4v) is 3.56. The molecule has 27 heavy (non-hydrogen) atoms. The lowest BCUT2D eigenvalue weighted by atomic mass is 10.1. The molecule has 0 aliphatic carbocycles. The topological polar surface area (TPSA) is 88.6 Å². The smallest absolute Gasteiger partial charge is 0.256 e. The van der Waals surface area contributed by atoms with E-state index in [4.69, 9.17) is 17.5 Å². The number of benzene rings is 1. The highest BCUT2D eigenvalue weighted by Gasteiger charge is 2.19. The number of pyridine rings is 1. The monoisotopic (exact) mass is 375 g/mol. The third kappa shape index (κ3) is 3.72. The van der Waals surface area contributed by atoms with Crippen molar-refractivity contribution in [2.45, 2.75) is 19.5 Å². The van der Waals surface area contributed by atoms with Crippen LogP contribution < -0.4 is 5.56 Å². The number of aromatic amines is 2. The van der Waals surface area contributed by atoms with E-state index in [0.29, 0.717) is 16.9 Å². The van der Waals surface area contributed by atoms with Gasteiger partial charge in [0, 0.05) is 43.5 Å². The molecular formula is C20H17N5OS. The Balaban J connectivity index is 1.50. The number of fused-ring (bicyclic) bond motifs is 1. The van der Waals surface area contributed by atoms with E-state index >= 15 is 0 Å². The molecule has 3 aromatic rings. The van der Waals surface area contributed by atoms with E-state index in [-0.39, 0.29) is 5.56 Å². The molecule has 0 saturated heterocycles. The third-order valence-corrected chi connectivity index (χ3v) is 4.91. The standard InChI is InChI=1S/C20H17N5OS/c21-9-13-2-1-3-15(8-13)17-5-4-14(10-22-17)11-25-7-6-18-16(12-25)19(26)24-20(27)23-18/h1-5,8,10H,6-7,11-12H2,(H2,23,24,26,27). The van der Waals surface area contributed by atoms with Crippen LogP contribution in [0.5, 0.6) is 0 Å². The maximum atomic E-state index is 12.1. The van der Waals surface area contributed by atoms with E-state index in [1.807, 2.05) is 36.5 Å². The second-order valence-corrected chi connectivity index (χ2v) is 6.98. The first-order valence-electron chi connectivity index (χ1n) is 8.64. The van der Waals surface area contributed by atoms with E-state index in [1.54, 1.807) is 6.07 Å². The number of aromatic nitrogens is 3. The average molecular weight is 375 g/mol. The Labute approximate surface area is 161 Å². The van der Waals surface area contributed by atoms with Gasteiger partial charge in [0.1, 0.15) is 0 Å². The van der Waals surface area contributed by atoms with Gasteiger partial charge in [-0.05, 0) is 36.0 Å². The molecule has 7 heteroatoms. The van der Waals surface area contributed by atoms with Crippen molar-refractivity contribution in [3.8, 4) is 17.3 Å². The summed E-state index contributed by atoms with van der Waals surface area (Å²) in [6.45, 7) is 2.16. The zero-order valence-electron chi connectivity index (χ0n) is 14.5. The molecule has 4 rings (SSSR count). The molecule has 0 atom stereocenters. The lowest BCUT2D eigenvalue weighted by Gasteiger charge is -2.27. The van der Waals surface area contributed by atoms with Gasteiger partial charge in [0.15, 0.2) is 4.77 Å². The molecule has 6 nitrogen and oxygen atoms in total. The van der Waals surface area contributed by atoms with Crippen LogP contribution in [0.3, 0.4) is 0 Å². The summed E-state index contributed by atoms with van der Waals surface area (Å²) in [4.78, 5) is 24.6. The Morgan fingerprint density at radius 1 is 1.26 bits per heavy atom. The van der Waals surface area contributed by atoms with Gasteiger partial charge < -0.3 is 4.98 Å². The van der Waals surface area contributed by atoms with E-state index in [9.17, 15) is 4.79 Å². The first kappa shape index (κ1) is 17.3. The molecule has 0 fully saturated rings. The van der Waals surface area contributed by atoms with Crippen LogP contribution in [0.4, 0.5) is 0 Å². The number of nitrogens with one attached hydrogen (secondary N) is 2. The minimum Gasteiger partial charge on any atom is -0.335 e. The van der Waals surface area contributed by atoms with Crippen molar-refractivity contribution in [2.75, 3.05) is 6.54 Å². The number of nitriles is 1. The number of rotatable bonds is 3. The van der Waals surface area contributed by atoms with Gasteiger partial charge >= 0.3 is 0 Å². The van der Waals surface area contributed by atoms with Crippen LogP contribution in [-0.4, -0.2) is 26.4 Å². The Bertz CT molecular complexity index is 1140. The summed E-state index contributed by atoms with van der Waals surface area (Å²) in [5.41, 5.74) is 5.05. The van der Waals surface area contributed by atoms with Crippen molar-refractivity contribution in [3.05, 3.63) is 80.1 Å². The Hall–Kier alpha value is -3.08. The van der Waals surface area contributed by atoms with Crippen LogP contribution in [0.1, 0.15) is 22.4 Å². The molecular weight excluding hydrogens is 358 g/mol. The molecule has 0 saturated carbocycles. The Morgan fingerprint density at radius 3 is 2.93 bits per heavy atom. The summed E-state index contributed by atoms with van der Waals surface area (Å²) in [6.07, 6.45) is 2.63. The highest BCUT2D eigenvalue weighted by molar-refractivity contribution is 7.71. The molecule has 1 aliphatic rings. The largest absolute Gasteiger partial charge is 0.335 e. The van der Waals surface area contributed by atoms with Crippen molar-refractivity contribution >= 4 is 12.2 Å². The number of hydrogen-bond donors (Lipinski definition) is 2. The summed E-state index contributed by atoms with van der Waals surface area (Å²) in [7, 11) is 0. The van der Waals surface area contributed by atoms with Crippen LogP contribution in [0.15, 0.2) is 47.4 Å². The van der Waals surface area contributed by atoms with Crippen LogP contribution in [0, 0.1) is 16.1 Å². The van der Waals surface area contributed by atoms with Crippen LogP contribution in [0.25, 0.3) is 11.3 Å². The lowest BCUT2D eigenvalue weighted by molar-refractivity contribution is 0.241. The summed E-state index contributed by atoms with van der Waals surface area (Å²) in [6, 6.07) is 13.6. The van der Waals surface area contributed by atoms with Crippen LogP contribution >= 0.6 is 12.2 Å². The molecule has 1 aliphatic heterocycles. The van der Waals surface area contributed by atoms with Crippen molar-refractivity contribution in [1.82, 2.24) is 19.9 Å². The first-order chi connectivity index (χ1) is 13.1. The van der Waals surface area contributed by atoms with E-state index in [0.717, 1.165) is 47.6 Å². The van der Waals surface area contributed by atoms with E-state index in [1.165, 1.54) is 0 Å². The minimum absolute atomic E-state index is 0.107. The normalized spacial score (nSPS) is 13.7. The highest BCUT2D eigenvalue weighted by Crippen LogP contribution is 2.20. The molecule has 0 bridgehead atoms. The van der Waals surface area contributed by atoms with Crippen molar-refractivity contribution in [3.63, 3.8) is 0 Å². The number of hydrogen-bond acceptors (Lipinski definition) is 5. The van der Waals surface area contributed by atoms with Gasteiger partial charge in [-0.15, -0.1) is 0 Å². The van der Waals surface area contributed by atoms with Gasteiger partial charge in [-0.2, -0.15) is 5.26 Å². The summed E-state index contributed by atoms with van der Waals surface area (Å²) >= 11 is 5.04. The molecule has 0 spiro atoms. The Kier molecular flexibility index (Phi) is 4.67. The van der Waals surface area contributed by atoms with Gasteiger partial charge in [0.25, 0.3) is 5.56 Å². The number of nitrogens with zero attached hydrogens (tertiary/aromatic N) is 3. The van der Waals surface area contributed by atoms with Gasteiger partial charge in [-0.1, -0.05) is 18.2 Å². The first-order valence-corrected chi connectivity index (χ1v) is 9.05. The maximum Gasteiger partial charge on any atom is 0.256 e. The SMILES string of the molecule is N#Cc1cccc(-c2ccc(CN3CCc4[nH]c(=S)[nH]c(=O)c4C3)cn2)c1. The number of H-pyrrole nitrogens is 2. The molecule has 3 heterocycles. The fraction of sp³-hybridized carbons (Fsp3) is 0.200. The fourth-order valence-electron chi connectivity index (χ4n) is 3.34. The predicted molar refractivity (Wildman–Crippen MR) is 104 cm³/mol. The second kappa shape index (κ2) is 7.27. The molecule has 0 amide bonds. The molecule has 134 valence electrons. The van der Waals surface area contributed by atoms with Crippen molar-refractivity contribution in [2.24, 2.45) is 0 Å². The molecule has 0 unspecified atom stereocenters. The van der Waals surface area contributed by atoms with E-state index < -0.39 is 0 Å². The van der Waals surface area contributed by atoms with Crippen molar-refractivity contribution < 1.29 is 0 Å². The molecule has 2 N–H and O–H groups in total. The zero-order valence-corrected chi connectivity index (χ0v) is 15.3. The second-order valence-electron chi connectivity index (χ2n) is 6.57. The average Bonchev–Trinajstić information content (AvgIpc) is 2.69.